The van der Waals surface area contributed by atoms with Crippen molar-refractivity contribution in [3.05, 3.63) is 35.4 Å². The molecule has 2 heterocycles. The Kier molecular flexibility index (Phi) is 7.46. The molecule has 2 aliphatic heterocycles. The van der Waals surface area contributed by atoms with Crippen molar-refractivity contribution in [2.45, 2.75) is 48.3 Å². The summed E-state index contributed by atoms with van der Waals surface area (Å²) >= 11 is 17.5. The maximum atomic E-state index is 13.8. The van der Waals surface area contributed by atoms with Crippen LogP contribution in [0.15, 0.2) is 29.8 Å². The SMILES string of the molecule is CCOc1cccc([C@H]2C3=CC[C@@H]4C(=O)N(CCCC(=O)O)C(=O)[C@@H]4[C@@H]3C[C@@]3(Cl)C(=O)N(CBr)C(=O)[C@@]23Cl)c1O. The van der Waals surface area contributed by atoms with Crippen molar-refractivity contribution in [2.24, 2.45) is 17.8 Å². The summed E-state index contributed by atoms with van der Waals surface area (Å²) in [5.41, 5.74) is 0.603. The normalized spacial score (nSPS) is 33.0. The number of phenols is 1. The summed E-state index contributed by atoms with van der Waals surface area (Å²) in [4.78, 5) is 63.4. The first kappa shape index (κ1) is 28.9. The molecular formula is C27H27BrCl2N2O8. The molecule has 0 unspecified atom stereocenters. The minimum absolute atomic E-state index is 0.0418. The van der Waals surface area contributed by atoms with Gasteiger partial charge >= 0.3 is 5.97 Å². The molecule has 13 heteroatoms. The van der Waals surface area contributed by atoms with Gasteiger partial charge in [0.05, 0.1) is 23.9 Å². The molecule has 2 N–H and O–H groups in total. The van der Waals surface area contributed by atoms with E-state index in [1.54, 1.807) is 31.2 Å². The van der Waals surface area contributed by atoms with E-state index in [2.05, 4.69) is 15.9 Å². The topological polar surface area (TPSA) is 142 Å². The number of hydrogen-bond acceptors (Lipinski definition) is 7. The third-order valence-electron chi connectivity index (χ3n) is 8.52. The van der Waals surface area contributed by atoms with Crippen LogP contribution in [0.5, 0.6) is 11.5 Å². The summed E-state index contributed by atoms with van der Waals surface area (Å²) in [5.74, 6) is -6.95. The zero-order chi connectivity index (χ0) is 29.1. The maximum absolute atomic E-state index is 13.8. The number of carboxylic acids is 1. The van der Waals surface area contributed by atoms with Gasteiger partial charge < -0.3 is 14.9 Å². The predicted molar refractivity (Wildman–Crippen MR) is 146 cm³/mol. The number of aromatic hydroxyl groups is 1. The number of para-hydroxylation sites is 1. The second-order valence-electron chi connectivity index (χ2n) is 10.4. The predicted octanol–water partition coefficient (Wildman–Crippen LogP) is 3.37. The number of phenolic OH excluding ortho intramolecular Hbond substituents is 1. The molecular weight excluding hydrogens is 631 g/mol. The fourth-order valence-electron chi connectivity index (χ4n) is 6.82. The van der Waals surface area contributed by atoms with Gasteiger partial charge in [-0.1, -0.05) is 39.7 Å². The number of benzene rings is 1. The highest BCUT2D eigenvalue weighted by Gasteiger charge is 2.76. The molecule has 5 rings (SSSR count). The van der Waals surface area contributed by atoms with Gasteiger partial charge in [0.2, 0.25) is 11.8 Å². The van der Waals surface area contributed by atoms with Crippen LogP contribution < -0.4 is 4.74 Å². The third-order valence-corrected chi connectivity index (χ3v) is 10.4. The van der Waals surface area contributed by atoms with Crippen molar-refractivity contribution in [2.75, 3.05) is 18.6 Å². The number of amides is 4. The first-order chi connectivity index (χ1) is 18.9. The van der Waals surface area contributed by atoms with Crippen LogP contribution in [-0.4, -0.2) is 78.0 Å². The average molecular weight is 658 g/mol. The van der Waals surface area contributed by atoms with Gasteiger partial charge in [0.1, 0.15) is 0 Å². The summed E-state index contributed by atoms with van der Waals surface area (Å²) in [5, 5.41) is 20.3. The van der Waals surface area contributed by atoms with Crippen molar-refractivity contribution in [3.8, 4) is 11.5 Å². The van der Waals surface area contributed by atoms with Crippen LogP contribution in [-0.2, 0) is 24.0 Å². The van der Waals surface area contributed by atoms with E-state index in [4.69, 9.17) is 33.0 Å². The number of alkyl halides is 3. The number of hydrogen-bond donors (Lipinski definition) is 2. The number of aliphatic carboxylic acids is 1. The van der Waals surface area contributed by atoms with Crippen LogP contribution in [0.2, 0.25) is 0 Å². The molecule has 214 valence electrons. The Morgan fingerprint density at radius 2 is 1.85 bits per heavy atom. The fraction of sp³-hybridized carbons (Fsp3) is 0.519. The third kappa shape index (κ3) is 3.91. The lowest BCUT2D eigenvalue weighted by Crippen LogP contribution is -2.60. The highest BCUT2D eigenvalue weighted by atomic mass is 79.9. The zero-order valence-corrected chi connectivity index (χ0v) is 24.5. The van der Waals surface area contributed by atoms with Crippen LogP contribution in [0, 0.1) is 17.8 Å². The molecule has 10 nitrogen and oxygen atoms in total. The number of carbonyl (C=O) groups excluding carboxylic acids is 4. The molecule has 1 aromatic carbocycles. The first-order valence-corrected chi connectivity index (χ1v) is 14.8. The number of nitrogens with zero attached hydrogens (tertiary/aromatic N) is 2. The molecule has 4 amide bonds. The van der Waals surface area contributed by atoms with E-state index in [0.717, 1.165) is 9.80 Å². The number of halogens is 3. The minimum Gasteiger partial charge on any atom is -0.504 e. The van der Waals surface area contributed by atoms with Gasteiger partial charge in [-0.2, -0.15) is 0 Å². The van der Waals surface area contributed by atoms with Gasteiger partial charge in [-0.3, -0.25) is 33.8 Å². The fourth-order valence-corrected chi connectivity index (χ4v) is 8.23. The van der Waals surface area contributed by atoms with Crippen molar-refractivity contribution in [3.63, 3.8) is 0 Å². The summed E-state index contributed by atoms with van der Waals surface area (Å²) in [6, 6.07) is 4.76. The molecule has 1 aromatic rings. The van der Waals surface area contributed by atoms with E-state index in [1.807, 2.05) is 0 Å². The number of carbonyl (C=O) groups is 5. The largest absolute Gasteiger partial charge is 0.504 e. The highest BCUT2D eigenvalue weighted by Crippen LogP contribution is 2.66. The van der Waals surface area contributed by atoms with Crippen LogP contribution in [0.3, 0.4) is 0 Å². The minimum atomic E-state index is -2.04. The Morgan fingerprint density at radius 3 is 2.50 bits per heavy atom. The summed E-state index contributed by atoms with van der Waals surface area (Å²) < 4.78 is 5.57. The second kappa shape index (κ2) is 10.3. The van der Waals surface area contributed by atoms with Crippen LogP contribution in [0.25, 0.3) is 0 Å². The number of fused-ring (bicyclic) bond motifs is 4. The number of allylic oxidation sites excluding steroid dienone is 2. The first-order valence-electron chi connectivity index (χ1n) is 13.0. The smallest absolute Gasteiger partial charge is 0.303 e. The Balaban J connectivity index is 1.65. The van der Waals surface area contributed by atoms with Crippen LogP contribution >= 0.6 is 39.1 Å². The van der Waals surface area contributed by atoms with E-state index < -0.39 is 63.0 Å². The molecule has 3 fully saturated rings. The Bertz CT molecular complexity index is 1350. The van der Waals surface area contributed by atoms with Crippen LogP contribution in [0.4, 0.5) is 0 Å². The summed E-state index contributed by atoms with van der Waals surface area (Å²) in [7, 11) is 0. The van der Waals surface area contributed by atoms with Gasteiger partial charge in [-0.25, -0.2) is 0 Å². The van der Waals surface area contributed by atoms with Gasteiger partial charge in [-0.15, -0.1) is 23.2 Å². The summed E-state index contributed by atoms with van der Waals surface area (Å²) in [6.45, 7) is 1.96. The quantitative estimate of drug-likeness (QED) is 0.188. The Hall–Kier alpha value is -2.63. The molecule has 0 aromatic heterocycles. The Labute approximate surface area is 248 Å². The van der Waals surface area contributed by atoms with E-state index in [1.165, 1.54) is 0 Å². The van der Waals surface area contributed by atoms with E-state index in [9.17, 15) is 29.1 Å². The van der Waals surface area contributed by atoms with Gasteiger partial charge in [0.15, 0.2) is 21.2 Å². The summed E-state index contributed by atoms with van der Waals surface area (Å²) in [6.07, 6.45) is 1.67. The van der Waals surface area contributed by atoms with Gasteiger partial charge in [0.25, 0.3) is 11.8 Å². The van der Waals surface area contributed by atoms with Crippen molar-refractivity contribution in [1.29, 1.82) is 0 Å². The molecule has 40 heavy (non-hydrogen) atoms. The molecule has 1 saturated carbocycles. The number of carboxylic acid groups (broad SMARTS) is 1. The van der Waals surface area contributed by atoms with Crippen molar-refractivity contribution >= 4 is 68.7 Å². The maximum Gasteiger partial charge on any atom is 0.303 e. The number of rotatable bonds is 8. The monoisotopic (exact) mass is 656 g/mol. The number of imide groups is 2. The van der Waals surface area contributed by atoms with E-state index in [-0.39, 0.29) is 61.4 Å². The molecule has 4 aliphatic rings. The van der Waals surface area contributed by atoms with E-state index >= 15 is 0 Å². The lowest BCUT2D eigenvalue weighted by molar-refractivity contribution is -0.142. The lowest BCUT2D eigenvalue weighted by Gasteiger charge is -2.50. The molecule has 0 spiro atoms. The molecule has 0 bridgehead atoms. The molecule has 2 aliphatic carbocycles. The van der Waals surface area contributed by atoms with Crippen LogP contribution in [0.1, 0.15) is 44.1 Å². The number of likely N-dealkylation sites (tertiary alicyclic amines) is 2. The van der Waals surface area contributed by atoms with Crippen molar-refractivity contribution < 1.29 is 38.9 Å². The van der Waals surface area contributed by atoms with Crippen molar-refractivity contribution in [1.82, 2.24) is 9.80 Å². The standard InChI is InChI=1S/C27H27BrCl2N2O8/c1-2-40-17-6-3-5-15(21(17)35)20-13-8-9-14-19(23(37)31(22(14)36)10-4-7-18(33)34)16(13)11-26(29)24(38)32(12-28)25(39)27(20,26)30/h3,5-6,8,14,16,19-20,35H,2,4,7,9-12H2,1H3,(H,33,34)/t14-,16+,19-,20+,26+,27-/m0/s1. The van der Waals surface area contributed by atoms with Gasteiger partial charge in [0, 0.05) is 24.4 Å². The highest BCUT2D eigenvalue weighted by molar-refractivity contribution is 9.09. The lowest BCUT2D eigenvalue weighted by atomic mass is 9.56. The second-order valence-corrected chi connectivity index (χ2v) is 12.2. The molecule has 2 saturated heterocycles. The number of ether oxygens (including phenoxy) is 1. The zero-order valence-electron chi connectivity index (χ0n) is 21.4. The molecule has 6 atom stereocenters. The Morgan fingerprint density at radius 1 is 1.12 bits per heavy atom. The molecule has 0 radical (unpaired) electrons. The van der Waals surface area contributed by atoms with E-state index in [0.29, 0.717) is 5.57 Å². The average Bonchev–Trinajstić information content (AvgIpc) is 3.23. The van der Waals surface area contributed by atoms with Gasteiger partial charge in [-0.05, 0) is 38.2 Å².